The fraction of sp³-hybridized carbons (Fsp3) is 0.429. The number of halogens is 2. The van der Waals surface area contributed by atoms with Crippen LogP contribution in [0.4, 0.5) is 19.6 Å². The lowest BCUT2D eigenvalue weighted by Gasteiger charge is -2.54. The van der Waals surface area contributed by atoms with Crippen molar-refractivity contribution in [3.05, 3.63) is 23.2 Å². The lowest BCUT2D eigenvalue weighted by atomic mass is 9.88. The van der Waals surface area contributed by atoms with Crippen LogP contribution in [0.15, 0.2) is 21.9 Å². The van der Waals surface area contributed by atoms with Gasteiger partial charge in [0.1, 0.15) is 5.01 Å². The average Bonchev–Trinajstić information content (AvgIpc) is 3.41. The van der Waals surface area contributed by atoms with Crippen molar-refractivity contribution in [1.29, 1.82) is 0 Å². The van der Waals surface area contributed by atoms with Crippen molar-refractivity contribution in [2.24, 2.45) is 0 Å². The van der Waals surface area contributed by atoms with Crippen molar-refractivity contribution >= 4 is 40.5 Å². The van der Waals surface area contributed by atoms with Gasteiger partial charge in [-0.1, -0.05) is 0 Å². The van der Waals surface area contributed by atoms with Gasteiger partial charge in [0.15, 0.2) is 16.8 Å². The summed E-state index contributed by atoms with van der Waals surface area (Å²) >= 11 is 1.36. The standard InChI is InChI=1S/C21H20F2N4O6S/c1-3-31-18(28)21(22,23)33-14-5-4-13(17-24-10(2)9-34-17)16-15(14)25-19(32-16)26-7-11-6-12(8-26)27(11)20(29)30/h4-5,9,11-12H,3,6-8H2,1-2H3,(H,29,30). The summed E-state index contributed by atoms with van der Waals surface area (Å²) in [6.45, 7) is 3.73. The van der Waals surface area contributed by atoms with E-state index in [1.807, 2.05) is 12.3 Å². The summed E-state index contributed by atoms with van der Waals surface area (Å²) in [7, 11) is 0. The number of alkyl halides is 2. The van der Waals surface area contributed by atoms with Crippen LogP contribution >= 0.6 is 11.3 Å². The van der Waals surface area contributed by atoms with E-state index in [-0.39, 0.29) is 41.6 Å². The fourth-order valence-corrected chi connectivity index (χ4v) is 5.13. The third-order valence-electron chi connectivity index (χ3n) is 5.78. The van der Waals surface area contributed by atoms with E-state index in [2.05, 4.69) is 14.7 Å². The molecule has 2 unspecified atom stereocenters. The Morgan fingerprint density at radius 2 is 2.03 bits per heavy atom. The number of hydrogen-bond acceptors (Lipinski definition) is 9. The third kappa shape index (κ3) is 3.69. The molecule has 3 aliphatic heterocycles. The monoisotopic (exact) mass is 494 g/mol. The summed E-state index contributed by atoms with van der Waals surface area (Å²) in [6, 6.07) is 2.56. The number of esters is 1. The molecule has 3 fully saturated rings. The molecule has 10 nitrogen and oxygen atoms in total. The second kappa shape index (κ2) is 8.08. The maximum absolute atomic E-state index is 14.3. The Morgan fingerprint density at radius 3 is 2.65 bits per heavy atom. The van der Waals surface area contributed by atoms with Gasteiger partial charge in [0.2, 0.25) is 0 Å². The number of benzene rings is 1. The van der Waals surface area contributed by atoms with Crippen molar-refractivity contribution < 1.29 is 37.4 Å². The van der Waals surface area contributed by atoms with Crippen LogP contribution in [0.25, 0.3) is 21.7 Å². The van der Waals surface area contributed by atoms with Crippen molar-refractivity contribution in [3.8, 4) is 16.3 Å². The highest BCUT2D eigenvalue weighted by Crippen LogP contribution is 2.41. The van der Waals surface area contributed by atoms with Gasteiger partial charge in [0, 0.05) is 24.2 Å². The molecule has 1 amide bonds. The summed E-state index contributed by atoms with van der Waals surface area (Å²) < 4.78 is 43.9. The number of oxazole rings is 1. The molecule has 13 heteroatoms. The Labute approximate surface area is 195 Å². The first-order valence-corrected chi connectivity index (χ1v) is 11.4. The lowest BCUT2D eigenvalue weighted by Crippen LogP contribution is -2.70. The highest BCUT2D eigenvalue weighted by Gasteiger charge is 2.49. The molecule has 0 radical (unpaired) electrons. The van der Waals surface area contributed by atoms with Gasteiger partial charge < -0.3 is 23.9 Å². The lowest BCUT2D eigenvalue weighted by molar-refractivity contribution is -0.216. The minimum Gasteiger partial charge on any atom is -0.465 e. The molecule has 1 aromatic carbocycles. The number of carbonyl (C=O) groups is 2. The molecule has 0 spiro atoms. The number of piperidine rings is 1. The van der Waals surface area contributed by atoms with Gasteiger partial charge in [-0.05, 0) is 32.4 Å². The number of ether oxygens (including phenoxy) is 2. The molecule has 2 aromatic heterocycles. The quantitative estimate of drug-likeness (QED) is 0.511. The Morgan fingerprint density at radius 1 is 1.29 bits per heavy atom. The highest BCUT2D eigenvalue weighted by atomic mass is 32.1. The van der Waals surface area contributed by atoms with Crippen LogP contribution in [-0.4, -0.2) is 69.9 Å². The van der Waals surface area contributed by atoms with Crippen LogP contribution in [-0.2, 0) is 9.53 Å². The van der Waals surface area contributed by atoms with Gasteiger partial charge in [0.25, 0.3) is 6.01 Å². The predicted molar refractivity (Wildman–Crippen MR) is 116 cm³/mol. The van der Waals surface area contributed by atoms with Crippen LogP contribution in [0.1, 0.15) is 19.0 Å². The average molecular weight is 494 g/mol. The zero-order valence-electron chi connectivity index (χ0n) is 18.2. The van der Waals surface area contributed by atoms with Crippen LogP contribution in [0, 0.1) is 6.92 Å². The Bertz CT molecular complexity index is 1270. The second-order valence-corrected chi connectivity index (χ2v) is 8.92. The van der Waals surface area contributed by atoms with Gasteiger partial charge in [-0.3, -0.25) is 4.90 Å². The summed E-state index contributed by atoms with van der Waals surface area (Å²) in [4.78, 5) is 35.1. The van der Waals surface area contributed by atoms with E-state index in [0.29, 0.717) is 23.7 Å². The van der Waals surface area contributed by atoms with Gasteiger partial charge in [0.05, 0.1) is 24.3 Å². The number of carbonyl (C=O) groups excluding carboxylic acids is 1. The minimum absolute atomic E-state index is 0.00124. The van der Waals surface area contributed by atoms with E-state index in [4.69, 9.17) is 9.15 Å². The molecule has 3 aliphatic rings. The van der Waals surface area contributed by atoms with Crippen molar-refractivity contribution in [2.75, 3.05) is 24.6 Å². The number of hydrogen-bond donors (Lipinski definition) is 1. The summed E-state index contributed by atoms with van der Waals surface area (Å²) in [5.41, 5.74) is 1.49. The largest absolute Gasteiger partial charge is 0.502 e. The highest BCUT2D eigenvalue weighted by molar-refractivity contribution is 7.13. The Hall–Kier alpha value is -3.48. The predicted octanol–water partition coefficient (Wildman–Crippen LogP) is 3.74. The number of aryl methyl sites for hydroxylation is 1. The number of carboxylic acid groups (broad SMARTS) is 1. The molecule has 180 valence electrons. The molecular formula is C21H20F2N4O6S. The first-order chi connectivity index (χ1) is 16.2. The van der Waals surface area contributed by atoms with Crippen molar-refractivity contribution in [3.63, 3.8) is 0 Å². The molecule has 34 heavy (non-hydrogen) atoms. The Kier molecular flexibility index (Phi) is 5.30. The van der Waals surface area contributed by atoms with E-state index in [0.717, 1.165) is 12.1 Å². The van der Waals surface area contributed by atoms with Gasteiger partial charge >= 0.3 is 18.2 Å². The number of fused-ring (bicyclic) bond motifs is 3. The van der Waals surface area contributed by atoms with Crippen molar-refractivity contribution in [2.45, 2.75) is 38.5 Å². The van der Waals surface area contributed by atoms with Crippen LogP contribution in [0.3, 0.4) is 0 Å². The van der Waals surface area contributed by atoms with Crippen LogP contribution in [0.5, 0.6) is 5.75 Å². The van der Waals surface area contributed by atoms with E-state index < -0.39 is 18.2 Å². The van der Waals surface area contributed by atoms with E-state index in [1.54, 1.807) is 4.90 Å². The molecule has 3 saturated heterocycles. The fourth-order valence-electron chi connectivity index (χ4n) is 4.31. The van der Waals surface area contributed by atoms with Crippen LogP contribution in [0.2, 0.25) is 0 Å². The number of aromatic nitrogens is 2. The smallest absolute Gasteiger partial charge is 0.465 e. The van der Waals surface area contributed by atoms with E-state index >= 15 is 0 Å². The molecule has 0 saturated carbocycles. The normalized spacial score (nSPS) is 19.8. The van der Waals surface area contributed by atoms with Crippen molar-refractivity contribution in [1.82, 2.24) is 14.9 Å². The number of nitrogens with zero attached hydrogens (tertiary/aromatic N) is 4. The molecule has 5 heterocycles. The Balaban J connectivity index is 1.53. The molecule has 1 N–H and O–H groups in total. The van der Waals surface area contributed by atoms with E-state index in [9.17, 15) is 23.5 Å². The molecule has 3 aromatic rings. The molecular weight excluding hydrogens is 474 g/mol. The molecule has 2 bridgehead atoms. The van der Waals surface area contributed by atoms with Gasteiger partial charge in [-0.25, -0.2) is 14.6 Å². The molecule has 0 aliphatic carbocycles. The SMILES string of the molecule is CCOC(=O)C(F)(F)Oc1ccc(-c2nc(C)cs2)c2oc(N3CC4CC(C3)N4C(=O)O)nc12. The minimum atomic E-state index is -4.23. The maximum atomic E-state index is 14.3. The van der Waals surface area contributed by atoms with Gasteiger partial charge in [-0.2, -0.15) is 13.8 Å². The molecule has 2 atom stereocenters. The molecule has 6 rings (SSSR count). The number of anilines is 1. The third-order valence-corrected chi connectivity index (χ3v) is 6.77. The first-order valence-electron chi connectivity index (χ1n) is 10.5. The first kappa shape index (κ1) is 22.3. The number of amides is 1. The zero-order chi connectivity index (χ0) is 24.2. The summed E-state index contributed by atoms with van der Waals surface area (Å²) in [5, 5.41) is 11.8. The maximum Gasteiger partial charge on any atom is 0.502 e. The summed E-state index contributed by atoms with van der Waals surface area (Å²) in [6.07, 6.45) is -4.46. The zero-order valence-corrected chi connectivity index (χ0v) is 19.0. The number of rotatable bonds is 6. The van der Waals surface area contributed by atoms with Gasteiger partial charge in [-0.15, -0.1) is 11.3 Å². The number of thiazole rings is 1. The van der Waals surface area contributed by atoms with E-state index in [1.165, 1.54) is 35.3 Å². The summed E-state index contributed by atoms with van der Waals surface area (Å²) in [5.74, 6) is -2.16. The van der Waals surface area contributed by atoms with Crippen LogP contribution < -0.4 is 9.64 Å². The second-order valence-electron chi connectivity index (χ2n) is 8.06. The topological polar surface area (TPSA) is 118 Å². The number of piperazine rings is 1.